The van der Waals surface area contributed by atoms with Crippen LogP contribution in [0.4, 0.5) is 17.2 Å². The van der Waals surface area contributed by atoms with Crippen molar-refractivity contribution in [2.75, 3.05) is 30.4 Å². The quantitative estimate of drug-likeness (QED) is 0.450. The lowest BCUT2D eigenvalue weighted by Gasteiger charge is -2.33. The number of halogens is 1. The van der Waals surface area contributed by atoms with Gasteiger partial charge in [-0.1, -0.05) is 11.6 Å². The van der Waals surface area contributed by atoms with E-state index in [0.29, 0.717) is 42.5 Å². The summed E-state index contributed by atoms with van der Waals surface area (Å²) in [6.07, 6.45) is 2.59. The summed E-state index contributed by atoms with van der Waals surface area (Å²) in [5, 5.41) is 14.3. The number of methoxy groups -OCH3 is 1. The number of ether oxygens (including phenoxy) is 1. The van der Waals surface area contributed by atoms with Crippen LogP contribution in [0.1, 0.15) is 23.2 Å². The fraction of sp³-hybridized carbons (Fsp3) is 0.316. The molecule has 10 heteroatoms. The number of piperidine rings is 1. The zero-order valence-corrected chi connectivity index (χ0v) is 16.4. The lowest BCUT2D eigenvalue weighted by Crippen LogP contribution is -2.39. The topological polar surface area (TPSA) is 115 Å². The number of carbonyl (C=O) groups excluding carboxylic acids is 2. The molecule has 1 amide bonds. The first kappa shape index (κ1) is 20.5. The number of aromatic nitrogens is 1. The molecule has 0 radical (unpaired) electrons. The largest absolute Gasteiger partial charge is 0.465 e. The van der Waals surface area contributed by atoms with Crippen LogP contribution >= 0.6 is 11.6 Å². The van der Waals surface area contributed by atoms with Gasteiger partial charge in [-0.15, -0.1) is 0 Å². The van der Waals surface area contributed by atoms with Gasteiger partial charge in [-0.3, -0.25) is 14.9 Å². The molecule has 1 saturated heterocycles. The van der Waals surface area contributed by atoms with E-state index in [1.54, 1.807) is 18.2 Å². The van der Waals surface area contributed by atoms with E-state index in [9.17, 15) is 19.7 Å². The average molecular weight is 419 g/mol. The molecule has 1 fully saturated rings. The molecule has 29 heavy (non-hydrogen) atoms. The number of hydrogen-bond donors (Lipinski definition) is 1. The molecule has 1 aromatic heterocycles. The molecule has 0 spiro atoms. The highest BCUT2D eigenvalue weighted by atomic mass is 35.5. The number of nitro groups is 1. The second-order valence-corrected chi connectivity index (χ2v) is 7.00. The van der Waals surface area contributed by atoms with Crippen molar-refractivity contribution < 1.29 is 19.2 Å². The predicted molar refractivity (Wildman–Crippen MR) is 107 cm³/mol. The molecule has 1 aromatic carbocycles. The van der Waals surface area contributed by atoms with Crippen molar-refractivity contribution in [3.8, 4) is 0 Å². The number of rotatable bonds is 5. The number of hydrogen-bond acceptors (Lipinski definition) is 7. The molecule has 0 saturated carbocycles. The van der Waals surface area contributed by atoms with Gasteiger partial charge in [0.15, 0.2) is 0 Å². The predicted octanol–water partition coefficient (Wildman–Crippen LogP) is 3.28. The number of carbonyl (C=O) groups is 2. The molecule has 0 unspecified atom stereocenters. The van der Waals surface area contributed by atoms with E-state index < -0.39 is 10.9 Å². The number of non-ortho nitro benzene ring substituents is 1. The van der Waals surface area contributed by atoms with E-state index in [0.717, 1.165) is 0 Å². The van der Waals surface area contributed by atoms with Gasteiger partial charge in [0, 0.05) is 37.3 Å². The van der Waals surface area contributed by atoms with Gasteiger partial charge in [0.25, 0.3) is 5.69 Å². The molecular weight excluding hydrogens is 400 g/mol. The summed E-state index contributed by atoms with van der Waals surface area (Å²) in [6.45, 7) is 1.04. The highest BCUT2D eigenvalue weighted by Crippen LogP contribution is 2.30. The zero-order chi connectivity index (χ0) is 21.0. The van der Waals surface area contributed by atoms with Crippen molar-refractivity contribution in [3.63, 3.8) is 0 Å². The van der Waals surface area contributed by atoms with E-state index in [1.165, 1.54) is 25.4 Å². The first-order valence-electron chi connectivity index (χ1n) is 8.93. The van der Waals surface area contributed by atoms with Crippen LogP contribution < -0.4 is 10.2 Å². The monoisotopic (exact) mass is 418 g/mol. The normalized spacial score (nSPS) is 14.3. The number of esters is 1. The van der Waals surface area contributed by atoms with Gasteiger partial charge in [0.05, 0.1) is 28.3 Å². The van der Waals surface area contributed by atoms with E-state index in [1.807, 2.05) is 4.90 Å². The molecule has 3 rings (SSSR count). The van der Waals surface area contributed by atoms with Gasteiger partial charge in [-0.05, 0) is 31.0 Å². The van der Waals surface area contributed by atoms with E-state index in [4.69, 9.17) is 16.3 Å². The highest BCUT2D eigenvalue weighted by molar-refractivity contribution is 6.30. The molecule has 1 N–H and O–H groups in total. The smallest absolute Gasteiger partial charge is 0.340 e. The standard InChI is InChI=1S/C19H19ClN4O5/c1-29-19(26)15-10-14(24(27)28)3-4-16(15)23-8-6-12(7-9-23)18(25)22-17-5-2-13(20)11-21-17/h2-5,10-12H,6-9H2,1H3,(H,21,22,25). The van der Waals surface area contributed by atoms with E-state index >= 15 is 0 Å². The summed E-state index contributed by atoms with van der Waals surface area (Å²) in [7, 11) is 1.23. The van der Waals surface area contributed by atoms with Gasteiger partial charge in [0.2, 0.25) is 5.91 Å². The summed E-state index contributed by atoms with van der Waals surface area (Å²) >= 11 is 5.79. The van der Waals surface area contributed by atoms with Crippen LogP contribution in [0, 0.1) is 16.0 Å². The summed E-state index contributed by atoms with van der Waals surface area (Å²) in [5.74, 6) is -0.540. The molecule has 2 aromatic rings. The second kappa shape index (κ2) is 8.87. The van der Waals surface area contributed by atoms with Crippen LogP contribution in [0.15, 0.2) is 36.5 Å². The number of amides is 1. The number of pyridine rings is 1. The molecule has 2 heterocycles. The SMILES string of the molecule is COC(=O)c1cc([N+](=O)[O-])ccc1N1CCC(C(=O)Nc2ccc(Cl)cn2)CC1. The van der Waals surface area contributed by atoms with Gasteiger partial charge >= 0.3 is 5.97 Å². The van der Waals surface area contributed by atoms with Crippen molar-refractivity contribution in [3.05, 3.63) is 57.2 Å². The molecule has 0 atom stereocenters. The third-order valence-corrected chi connectivity index (χ3v) is 5.00. The maximum atomic E-state index is 12.5. The van der Waals surface area contributed by atoms with Gasteiger partial charge in [0.1, 0.15) is 5.82 Å². The van der Waals surface area contributed by atoms with Crippen LogP contribution in [-0.4, -0.2) is 42.0 Å². The summed E-state index contributed by atoms with van der Waals surface area (Å²) in [6, 6.07) is 7.39. The average Bonchev–Trinajstić information content (AvgIpc) is 2.74. The van der Waals surface area contributed by atoms with Crippen molar-refractivity contribution in [2.24, 2.45) is 5.92 Å². The van der Waals surface area contributed by atoms with Crippen molar-refractivity contribution in [2.45, 2.75) is 12.8 Å². The Morgan fingerprint density at radius 2 is 2.00 bits per heavy atom. The Morgan fingerprint density at radius 3 is 2.59 bits per heavy atom. The number of nitrogens with one attached hydrogen (secondary N) is 1. The number of benzene rings is 1. The maximum Gasteiger partial charge on any atom is 0.340 e. The van der Waals surface area contributed by atoms with E-state index in [2.05, 4.69) is 10.3 Å². The van der Waals surface area contributed by atoms with Crippen molar-refractivity contribution in [1.82, 2.24) is 4.98 Å². The Hall–Kier alpha value is -3.20. The Morgan fingerprint density at radius 1 is 1.28 bits per heavy atom. The fourth-order valence-electron chi connectivity index (χ4n) is 3.25. The molecule has 1 aliphatic rings. The van der Waals surface area contributed by atoms with Gasteiger partial charge in [-0.2, -0.15) is 0 Å². The van der Waals surface area contributed by atoms with Crippen molar-refractivity contribution >= 4 is 40.7 Å². The number of nitro benzene ring substituents is 1. The minimum absolute atomic E-state index is 0.128. The van der Waals surface area contributed by atoms with Crippen molar-refractivity contribution in [1.29, 1.82) is 0 Å². The second-order valence-electron chi connectivity index (χ2n) is 6.56. The number of anilines is 2. The minimum atomic E-state index is -0.641. The molecule has 9 nitrogen and oxygen atoms in total. The number of nitrogens with zero attached hydrogens (tertiary/aromatic N) is 3. The van der Waals surface area contributed by atoms with Crippen LogP contribution in [0.2, 0.25) is 5.02 Å². The Labute approximate surface area is 171 Å². The summed E-state index contributed by atoms with van der Waals surface area (Å²) in [4.78, 5) is 41.0. The van der Waals surface area contributed by atoms with Crippen LogP contribution in [0.3, 0.4) is 0 Å². The zero-order valence-electron chi connectivity index (χ0n) is 15.6. The maximum absolute atomic E-state index is 12.5. The first-order valence-corrected chi connectivity index (χ1v) is 9.31. The lowest BCUT2D eigenvalue weighted by atomic mass is 9.95. The molecule has 1 aliphatic heterocycles. The summed E-state index contributed by atoms with van der Waals surface area (Å²) < 4.78 is 4.77. The Balaban J connectivity index is 1.68. The third kappa shape index (κ3) is 4.80. The van der Waals surface area contributed by atoms with Gasteiger partial charge in [-0.25, -0.2) is 9.78 Å². The summed E-state index contributed by atoms with van der Waals surface area (Å²) in [5.41, 5.74) is 0.509. The lowest BCUT2D eigenvalue weighted by molar-refractivity contribution is -0.384. The highest BCUT2D eigenvalue weighted by Gasteiger charge is 2.28. The molecule has 0 aliphatic carbocycles. The van der Waals surface area contributed by atoms with Crippen LogP contribution in [-0.2, 0) is 9.53 Å². The molecular formula is C19H19ClN4O5. The Kier molecular flexibility index (Phi) is 6.28. The van der Waals surface area contributed by atoms with Gasteiger partial charge < -0.3 is 15.0 Å². The van der Waals surface area contributed by atoms with Crippen LogP contribution in [0.25, 0.3) is 0 Å². The van der Waals surface area contributed by atoms with E-state index in [-0.39, 0.29) is 23.1 Å². The van der Waals surface area contributed by atoms with Crippen LogP contribution in [0.5, 0.6) is 0 Å². The first-order chi connectivity index (χ1) is 13.9. The Bertz CT molecular complexity index is 927. The molecule has 152 valence electrons. The fourth-order valence-corrected chi connectivity index (χ4v) is 3.36. The minimum Gasteiger partial charge on any atom is -0.465 e. The molecule has 0 bridgehead atoms. The third-order valence-electron chi connectivity index (χ3n) is 4.78.